The van der Waals surface area contributed by atoms with E-state index >= 15 is 0 Å². The van der Waals surface area contributed by atoms with Gasteiger partial charge in [0.25, 0.3) is 0 Å². The van der Waals surface area contributed by atoms with Crippen molar-refractivity contribution in [3.05, 3.63) is 23.8 Å². The van der Waals surface area contributed by atoms with E-state index in [1.165, 1.54) is 0 Å². The van der Waals surface area contributed by atoms with Crippen LogP contribution >= 0.6 is 0 Å². The Morgan fingerprint density at radius 3 is 2.79 bits per heavy atom. The third kappa shape index (κ3) is 2.77. The average molecular weight is 193 g/mol. The Morgan fingerprint density at radius 1 is 1.43 bits per heavy atom. The molecule has 3 heteroatoms. The zero-order chi connectivity index (χ0) is 10.4. The van der Waals surface area contributed by atoms with Crippen LogP contribution in [0.4, 0.5) is 0 Å². The molecule has 1 unspecified atom stereocenters. The molecule has 1 atom stereocenters. The van der Waals surface area contributed by atoms with Gasteiger partial charge in [-0.15, -0.1) is 0 Å². The van der Waals surface area contributed by atoms with E-state index in [2.05, 4.69) is 29.1 Å². The van der Waals surface area contributed by atoms with Crippen molar-refractivity contribution in [1.82, 2.24) is 15.3 Å². The molecule has 1 heterocycles. The molecule has 1 N–H and O–H groups in total. The van der Waals surface area contributed by atoms with Crippen LogP contribution in [0.15, 0.2) is 12.3 Å². The normalized spacial score (nSPS) is 12.8. The van der Waals surface area contributed by atoms with Crippen LogP contribution in [0.2, 0.25) is 0 Å². The van der Waals surface area contributed by atoms with E-state index in [-0.39, 0.29) is 0 Å². The van der Waals surface area contributed by atoms with E-state index < -0.39 is 0 Å². The van der Waals surface area contributed by atoms with Crippen LogP contribution in [0.3, 0.4) is 0 Å². The fourth-order valence-corrected chi connectivity index (χ4v) is 1.47. The summed E-state index contributed by atoms with van der Waals surface area (Å²) in [6.45, 7) is 5.23. The maximum atomic E-state index is 4.53. The topological polar surface area (TPSA) is 37.8 Å². The molecule has 0 spiro atoms. The SMILES string of the molecule is CCc1ccnc(C(CC)CNC)n1. The van der Waals surface area contributed by atoms with Gasteiger partial charge < -0.3 is 5.32 Å². The monoisotopic (exact) mass is 193 g/mol. The minimum atomic E-state index is 0.437. The molecule has 1 aromatic heterocycles. The third-order valence-electron chi connectivity index (χ3n) is 2.40. The Bertz CT molecular complexity index is 273. The van der Waals surface area contributed by atoms with Crippen molar-refractivity contribution in [2.75, 3.05) is 13.6 Å². The molecule has 14 heavy (non-hydrogen) atoms. The molecule has 3 nitrogen and oxygen atoms in total. The Balaban J connectivity index is 2.80. The largest absolute Gasteiger partial charge is 0.319 e. The van der Waals surface area contributed by atoms with Crippen LogP contribution in [0.1, 0.15) is 37.7 Å². The van der Waals surface area contributed by atoms with Crippen LogP contribution in [-0.4, -0.2) is 23.6 Å². The highest BCUT2D eigenvalue weighted by Gasteiger charge is 2.11. The number of rotatable bonds is 5. The summed E-state index contributed by atoms with van der Waals surface area (Å²) in [5.74, 6) is 1.41. The first-order valence-corrected chi connectivity index (χ1v) is 5.28. The molecule has 0 aliphatic heterocycles. The van der Waals surface area contributed by atoms with Crippen LogP contribution in [0, 0.1) is 0 Å². The molecule has 0 radical (unpaired) electrons. The summed E-state index contributed by atoms with van der Waals surface area (Å²) in [5.41, 5.74) is 1.13. The second-order valence-electron chi connectivity index (χ2n) is 3.42. The van der Waals surface area contributed by atoms with E-state index in [9.17, 15) is 0 Å². The lowest BCUT2D eigenvalue weighted by molar-refractivity contribution is 0.577. The van der Waals surface area contributed by atoms with Crippen LogP contribution in [-0.2, 0) is 6.42 Å². The van der Waals surface area contributed by atoms with Gasteiger partial charge in [-0.2, -0.15) is 0 Å². The van der Waals surface area contributed by atoms with E-state index in [1.54, 1.807) is 0 Å². The highest BCUT2D eigenvalue weighted by atomic mass is 14.9. The Labute approximate surface area is 86.0 Å². The Kier molecular flexibility index (Phi) is 4.53. The molecule has 0 aliphatic carbocycles. The summed E-state index contributed by atoms with van der Waals surface area (Å²) in [5, 5.41) is 3.17. The van der Waals surface area contributed by atoms with E-state index in [0.29, 0.717) is 5.92 Å². The zero-order valence-electron chi connectivity index (χ0n) is 9.25. The van der Waals surface area contributed by atoms with Gasteiger partial charge in [0.1, 0.15) is 5.82 Å². The van der Waals surface area contributed by atoms with Crippen molar-refractivity contribution >= 4 is 0 Å². The Hall–Kier alpha value is -0.960. The second kappa shape index (κ2) is 5.70. The van der Waals surface area contributed by atoms with Crippen molar-refractivity contribution < 1.29 is 0 Å². The molecule has 0 saturated heterocycles. The number of hydrogen-bond acceptors (Lipinski definition) is 3. The molecule has 1 rings (SSSR count). The first-order valence-electron chi connectivity index (χ1n) is 5.28. The van der Waals surface area contributed by atoms with Gasteiger partial charge in [-0.05, 0) is 26.0 Å². The van der Waals surface area contributed by atoms with Crippen molar-refractivity contribution in [3.8, 4) is 0 Å². The number of aryl methyl sites for hydroxylation is 1. The minimum absolute atomic E-state index is 0.437. The van der Waals surface area contributed by atoms with Crippen molar-refractivity contribution in [3.63, 3.8) is 0 Å². The quantitative estimate of drug-likeness (QED) is 0.774. The van der Waals surface area contributed by atoms with Crippen molar-refractivity contribution in [2.24, 2.45) is 0 Å². The molecule has 0 amide bonds. The molecule has 1 aromatic rings. The summed E-state index contributed by atoms with van der Waals surface area (Å²) in [4.78, 5) is 8.86. The van der Waals surface area contributed by atoms with Gasteiger partial charge in [0.2, 0.25) is 0 Å². The fourth-order valence-electron chi connectivity index (χ4n) is 1.47. The molecule has 78 valence electrons. The van der Waals surface area contributed by atoms with Gasteiger partial charge in [0.15, 0.2) is 0 Å². The number of aromatic nitrogens is 2. The summed E-state index contributed by atoms with van der Waals surface area (Å²) >= 11 is 0. The van der Waals surface area contributed by atoms with Crippen LogP contribution < -0.4 is 5.32 Å². The number of nitrogens with zero attached hydrogens (tertiary/aromatic N) is 2. The highest BCUT2D eigenvalue weighted by Crippen LogP contribution is 2.14. The lowest BCUT2D eigenvalue weighted by atomic mass is 10.1. The van der Waals surface area contributed by atoms with Gasteiger partial charge in [-0.25, -0.2) is 9.97 Å². The van der Waals surface area contributed by atoms with E-state index in [0.717, 1.165) is 30.9 Å². The number of nitrogens with one attached hydrogen (secondary N) is 1. The zero-order valence-corrected chi connectivity index (χ0v) is 9.25. The molecule has 0 saturated carbocycles. The highest BCUT2D eigenvalue weighted by molar-refractivity contribution is 5.05. The van der Waals surface area contributed by atoms with E-state index in [1.807, 2.05) is 19.3 Å². The molecule has 0 aromatic carbocycles. The molecule has 0 bridgehead atoms. The lowest BCUT2D eigenvalue weighted by Crippen LogP contribution is -2.19. The minimum Gasteiger partial charge on any atom is -0.319 e. The molecular formula is C11H19N3. The summed E-state index contributed by atoms with van der Waals surface area (Å²) in [6.07, 6.45) is 3.92. The van der Waals surface area contributed by atoms with Gasteiger partial charge in [-0.1, -0.05) is 13.8 Å². The van der Waals surface area contributed by atoms with Crippen molar-refractivity contribution in [1.29, 1.82) is 0 Å². The lowest BCUT2D eigenvalue weighted by Gasteiger charge is -2.12. The Morgan fingerprint density at radius 2 is 2.21 bits per heavy atom. The summed E-state index contributed by atoms with van der Waals surface area (Å²) < 4.78 is 0. The number of likely N-dealkylation sites (N-methyl/N-ethyl adjacent to an activating group) is 1. The molecular weight excluding hydrogens is 174 g/mol. The summed E-state index contributed by atoms with van der Waals surface area (Å²) in [7, 11) is 1.96. The van der Waals surface area contributed by atoms with Gasteiger partial charge in [-0.3, -0.25) is 0 Å². The predicted octanol–water partition coefficient (Wildman–Crippen LogP) is 1.75. The number of hydrogen-bond donors (Lipinski definition) is 1. The fraction of sp³-hybridized carbons (Fsp3) is 0.636. The molecule has 0 fully saturated rings. The van der Waals surface area contributed by atoms with Crippen molar-refractivity contribution in [2.45, 2.75) is 32.6 Å². The van der Waals surface area contributed by atoms with Gasteiger partial charge in [0, 0.05) is 24.4 Å². The first kappa shape index (κ1) is 11.1. The predicted molar refractivity (Wildman–Crippen MR) is 58.4 cm³/mol. The molecule has 0 aliphatic rings. The standard InChI is InChI=1S/C11H19N3/c1-4-9(8-12-3)11-13-7-6-10(5-2)14-11/h6-7,9,12H,4-5,8H2,1-3H3. The summed E-state index contributed by atoms with van der Waals surface area (Å²) in [6, 6.07) is 1.98. The average Bonchev–Trinajstić information content (AvgIpc) is 2.26. The second-order valence-corrected chi connectivity index (χ2v) is 3.42. The van der Waals surface area contributed by atoms with Gasteiger partial charge >= 0.3 is 0 Å². The van der Waals surface area contributed by atoms with E-state index in [4.69, 9.17) is 0 Å². The van der Waals surface area contributed by atoms with Crippen LogP contribution in [0.25, 0.3) is 0 Å². The van der Waals surface area contributed by atoms with Crippen LogP contribution in [0.5, 0.6) is 0 Å². The first-order chi connectivity index (χ1) is 6.81. The smallest absolute Gasteiger partial charge is 0.132 e. The van der Waals surface area contributed by atoms with Gasteiger partial charge in [0.05, 0.1) is 0 Å². The third-order valence-corrected chi connectivity index (χ3v) is 2.40. The maximum absolute atomic E-state index is 4.53. The maximum Gasteiger partial charge on any atom is 0.132 e.